The van der Waals surface area contributed by atoms with E-state index in [-0.39, 0.29) is 12.0 Å². The summed E-state index contributed by atoms with van der Waals surface area (Å²) in [5.74, 6) is -0.167. The monoisotopic (exact) mass is 293 g/mol. The van der Waals surface area contributed by atoms with Crippen LogP contribution < -0.4 is 5.32 Å². The molecule has 0 saturated carbocycles. The number of benzene rings is 1. The fourth-order valence-electron chi connectivity index (χ4n) is 1.91. The first-order valence-corrected chi connectivity index (χ1v) is 7.52. The van der Waals surface area contributed by atoms with Gasteiger partial charge < -0.3 is 15.2 Å². The summed E-state index contributed by atoms with van der Waals surface area (Å²) in [5, 5.41) is 12.4. The SMILES string of the molecule is CCC(O)CCNC(=O)C(OC(C)(C)C)c1ccccc1. The van der Waals surface area contributed by atoms with Crippen LogP contribution in [0.4, 0.5) is 0 Å². The molecule has 4 nitrogen and oxygen atoms in total. The third kappa shape index (κ3) is 6.74. The third-order valence-corrected chi connectivity index (χ3v) is 3.06. The van der Waals surface area contributed by atoms with Crippen molar-refractivity contribution in [2.75, 3.05) is 6.54 Å². The highest BCUT2D eigenvalue weighted by molar-refractivity contribution is 5.82. The largest absolute Gasteiger partial charge is 0.393 e. The van der Waals surface area contributed by atoms with Gasteiger partial charge in [0.2, 0.25) is 0 Å². The lowest BCUT2D eigenvalue weighted by Crippen LogP contribution is -2.36. The summed E-state index contributed by atoms with van der Waals surface area (Å²) in [6.07, 6.45) is 0.240. The highest BCUT2D eigenvalue weighted by Crippen LogP contribution is 2.24. The molecule has 1 amide bonds. The second-order valence-corrected chi connectivity index (χ2v) is 6.16. The Morgan fingerprint density at radius 2 is 1.90 bits per heavy atom. The minimum atomic E-state index is -0.634. The van der Waals surface area contributed by atoms with E-state index in [1.165, 1.54) is 0 Å². The fourth-order valence-corrected chi connectivity index (χ4v) is 1.91. The predicted octanol–water partition coefficient (Wildman–Crippen LogP) is 2.82. The van der Waals surface area contributed by atoms with Crippen LogP contribution in [-0.4, -0.2) is 29.3 Å². The van der Waals surface area contributed by atoms with Gasteiger partial charge in [-0.15, -0.1) is 0 Å². The summed E-state index contributed by atoms with van der Waals surface area (Å²) in [7, 11) is 0. The number of carbonyl (C=O) groups excluding carboxylic acids is 1. The maximum atomic E-state index is 12.4. The van der Waals surface area contributed by atoms with Crippen molar-refractivity contribution in [1.29, 1.82) is 0 Å². The quantitative estimate of drug-likeness (QED) is 0.812. The summed E-state index contributed by atoms with van der Waals surface area (Å²) >= 11 is 0. The first kappa shape index (κ1) is 17.7. The Hall–Kier alpha value is -1.39. The number of rotatable bonds is 7. The number of aliphatic hydroxyl groups excluding tert-OH is 1. The molecule has 0 bridgehead atoms. The first-order chi connectivity index (χ1) is 9.83. The zero-order chi connectivity index (χ0) is 15.9. The van der Waals surface area contributed by atoms with E-state index in [2.05, 4.69) is 5.32 Å². The van der Waals surface area contributed by atoms with Crippen molar-refractivity contribution in [3.05, 3.63) is 35.9 Å². The minimum Gasteiger partial charge on any atom is -0.393 e. The van der Waals surface area contributed by atoms with E-state index in [1.807, 2.05) is 58.0 Å². The van der Waals surface area contributed by atoms with Gasteiger partial charge in [0.05, 0.1) is 11.7 Å². The molecule has 0 aliphatic rings. The van der Waals surface area contributed by atoms with E-state index in [1.54, 1.807) is 0 Å². The van der Waals surface area contributed by atoms with E-state index in [0.29, 0.717) is 19.4 Å². The van der Waals surface area contributed by atoms with Crippen molar-refractivity contribution in [3.63, 3.8) is 0 Å². The molecule has 0 saturated heterocycles. The Morgan fingerprint density at radius 3 is 2.43 bits per heavy atom. The van der Waals surface area contributed by atoms with Crippen LogP contribution in [0.15, 0.2) is 30.3 Å². The lowest BCUT2D eigenvalue weighted by atomic mass is 10.1. The van der Waals surface area contributed by atoms with Gasteiger partial charge in [-0.25, -0.2) is 0 Å². The van der Waals surface area contributed by atoms with Gasteiger partial charge in [0.25, 0.3) is 5.91 Å². The molecule has 4 heteroatoms. The van der Waals surface area contributed by atoms with Gasteiger partial charge in [0.1, 0.15) is 0 Å². The highest BCUT2D eigenvalue weighted by atomic mass is 16.5. The van der Waals surface area contributed by atoms with Crippen molar-refractivity contribution in [2.45, 2.75) is 58.3 Å². The van der Waals surface area contributed by atoms with Crippen molar-refractivity contribution in [3.8, 4) is 0 Å². The Morgan fingerprint density at radius 1 is 1.29 bits per heavy atom. The molecule has 0 aliphatic carbocycles. The summed E-state index contributed by atoms with van der Waals surface area (Å²) in [6, 6.07) is 9.46. The van der Waals surface area contributed by atoms with Crippen LogP contribution in [0.1, 0.15) is 52.2 Å². The smallest absolute Gasteiger partial charge is 0.253 e. The van der Waals surface area contributed by atoms with E-state index in [0.717, 1.165) is 5.56 Å². The van der Waals surface area contributed by atoms with Gasteiger partial charge in [-0.3, -0.25) is 4.79 Å². The summed E-state index contributed by atoms with van der Waals surface area (Å²) in [4.78, 5) is 12.4. The van der Waals surface area contributed by atoms with Crippen LogP contribution in [0.3, 0.4) is 0 Å². The zero-order valence-electron chi connectivity index (χ0n) is 13.4. The molecule has 0 spiro atoms. The maximum Gasteiger partial charge on any atom is 0.253 e. The molecule has 21 heavy (non-hydrogen) atoms. The van der Waals surface area contributed by atoms with Crippen molar-refractivity contribution < 1.29 is 14.6 Å². The molecular formula is C17H27NO3. The van der Waals surface area contributed by atoms with E-state index in [9.17, 15) is 9.90 Å². The van der Waals surface area contributed by atoms with E-state index >= 15 is 0 Å². The van der Waals surface area contributed by atoms with Gasteiger partial charge in [-0.2, -0.15) is 0 Å². The van der Waals surface area contributed by atoms with E-state index in [4.69, 9.17) is 4.74 Å². The van der Waals surface area contributed by atoms with Gasteiger partial charge in [-0.05, 0) is 39.2 Å². The molecule has 0 heterocycles. The molecule has 0 aliphatic heterocycles. The van der Waals surface area contributed by atoms with Crippen LogP contribution in [0, 0.1) is 0 Å². The topological polar surface area (TPSA) is 58.6 Å². The van der Waals surface area contributed by atoms with Crippen molar-refractivity contribution in [1.82, 2.24) is 5.32 Å². The van der Waals surface area contributed by atoms with Crippen molar-refractivity contribution in [2.24, 2.45) is 0 Å². The van der Waals surface area contributed by atoms with Crippen LogP contribution in [-0.2, 0) is 9.53 Å². The Bertz CT molecular complexity index is 425. The van der Waals surface area contributed by atoms with Gasteiger partial charge in [-0.1, -0.05) is 37.3 Å². The predicted molar refractivity (Wildman–Crippen MR) is 83.9 cm³/mol. The summed E-state index contributed by atoms with van der Waals surface area (Å²) in [5.41, 5.74) is 0.418. The third-order valence-electron chi connectivity index (χ3n) is 3.06. The number of hydrogen-bond acceptors (Lipinski definition) is 3. The molecule has 1 aromatic carbocycles. The Labute approximate surface area is 127 Å². The second kappa shape index (κ2) is 8.15. The van der Waals surface area contributed by atoms with Crippen molar-refractivity contribution >= 4 is 5.91 Å². The average Bonchev–Trinajstić information content (AvgIpc) is 2.44. The second-order valence-electron chi connectivity index (χ2n) is 6.16. The standard InChI is InChI=1S/C17H27NO3/c1-5-14(19)11-12-18-16(20)15(21-17(2,3)4)13-9-7-6-8-10-13/h6-10,14-15,19H,5,11-12H2,1-4H3,(H,18,20). The molecule has 2 unspecified atom stereocenters. The Balaban J connectivity index is 2.70. The zero-order valence-corrected chi connectivity index (χ0v) is 13.4. The summed E-state index contributed by atoms with van der Waals surface area (Å²) in [6.45, 7) is 8.15. The van der Waals surface area contributed by atoms with Gasteiger partial charge in [0, 0.05) is 6.54 Å². The van der Waals surface area contributed by atoms with Gasteiger partial charge in [0.15, 0.2) is 6.10 Å². The lowest BCUT2D eigenvalue weighted by Gasteiger charge is -2.27. The normalized spacial score (nSPS) is 14.5. The molecule has 0 aromatic heterocycles. The molecule has 1 aromatic rings. The molecule has 2 N–H and O–H groups in total. The number of hydrogen-bond donors (Lipinski definition) is 2. The molecule has 118 valence electrons. The first-order valence-electron chi connectivity index (χ1n) is 7.52. The highest BCUT2D eigenvalue weighted by Gasteiger charge is 2.26. The number of aliphatic hydroxyl groups is 1. The minimum absolute atomic E-state index is 0.167. The fraction of sp³-hybridized carbons (Fsp3) is 0.588. The van der Waals surface area contributed by atoms with Gasteiger partial charge >= 0.3 is 0 Å². The van der Waals surface area contributed by atoms with Crippen LogP contribution >= 0.6 is 0 Å². The number of carbonyl (C=O) groups is 1. The molecule has 0 fully saturated rings. The molecule has 2 atom stereocenters. The number of ether oxygens (including phenoxy) is 1. The molecule has 0 radical (unpaired) electrons. The summed E-state index contributed by atoms with van der Waals surface area (Å²) < 4.78 is 5.89. The number of amides is 1. The van der Waals surface area contributed by atoms with Crippen LogP contribution in [0.2, 0.25) is 0 Å². The van der Waals surface area contributed by atoms with E-state index < -0.39 is 11.7 Å². The lowest BCUT2D eigenvalue weighted by molar-refractivity contribution is -0.143. The number of nitrogens with one attached hydrogen (secondary N) is 1. The average molecular weight is 293 g/mol. The van der Waals surface area contributed by atoms with Crippen LogP contribution in [0.25, 0.3) is 0 Å². The molecular weight excluding hydrogens is 266 g/mol. The molecule has 1 rings (SSSR count). The Kier molecular flexibility index (Phi) is 6.85. The van der Waals surface area contributed by atoms with Crippen LogP contribution in [0.5, 0.6) is 0 Å². The maximum absolute atomic E-state index is 12.4.